The second-order valence-corrected chi connectivity index (χ2v) is 6.04. The SMILES string of the molecule is CN(Cc1ccc2c(c1)OC(F)(F)O2)C(=O)/C=C1/OC(C)(C)OC1=O. The Labute approximate surface area is 141 Å². The summed E-state index contributed by atoms with van der Waals surface area (Å²) < 4.78 is 44.9. The van der Waals surface area contributed by atoms with Crippen LogP contribution in [-0.4, -0.2) is 35.9 Å². The lowest BCUT2D eigenvalue weighted by molar-refractivity contribution is -0.286. The second kappa shape index (κ2) is 5.61. The van der Waals surface area contributed by atoms with E-state index in [2.05, 4.69) is 9.47 Å². The fourth-order valence-electron chi connectivity index (χ4n) is 2.36. The molecule has 7 nitrogen and oxygen atoms in total. The average molecular weight is 355 g/mol. The minimum Gasteiger partial charge on any atom is -0.445 e. The van der Waals surface area contributed by atoms with Gasteiger partial charge in [-0.05, 0) is 17.7 Å². The average Bonchev–Trinajstić information content (AvgIpc) is 2.91. The van der Waals surface area contributed by atoms with Crippen molar-refractivity contribution in [3.63, 3.8) is 0 Å². The molecule has 1 saturated heterocycles. The molecule has 1 aromatic carbocycles. The highest BCUT2D eigenvalue weighted by atomic mass is 19.3. The number of nitrogens with zero attached hydrogens (tertiary/aromatic N) is 1. The molecular weight excluding hydrogens is 340 g/mol. The maximum absolute atomic E-state index is 13.0. The highest BCUT2D eigenvalue weighted by Gasteiger charge is 2.43. The Morgan fingerprint density at radius 2 is 1.84 bits per heavy atom. The number of hydrogen-bond acceptors (Lipinski definition) is 6. The van der Waals surface area contributed by atoms with Crippen LogP contribution in [0.15, 0.2) is 30.0 Å². The summed E-state index contributed by atoms with van der Waals surface area (Å²) in [6.45, 7) is 3.19. The maximum atomic E-state index is 13.0. The second-order valence-electron chi connectivity index (χ2n) is 6.04. The van der Waals surface area contributed by atoms with Gasteiger partial charge < -0.3 is 23.8 Å². The number of carbonyl (C=O) groups excluding carboxylic acids is 2. The van der Waals surface area contributed by atoms with Crippen LogP contribution in [0.1, 0.15) is 19.4 Å². The van der Waals surface area contributed by atoms with Crippen LogP contribution in [0.4, 0.5) is 8.78 Å². The van der Waals surface area contributed by atoms with E-state index < -0.39 is 24.0 Å². The number of rotatable bonds is 3. The van der Waals surface area contributed by atoms with Gasteiger partial charge in [-0.1, -0.05) is 6.07 Å². The number of hydrogen-bond donors (Lipinski definition) is 0. The van der Waals surface area contributed by atoms with Crippen LogP contribution in [0.2, 0.25) is 0 Å². The van der Waals surface area contributed by atoms with Gasteiger partial charge in [0.25, 0.3) is 5.91 Å². The molecule has 0 saturated carbocycles. The molecule has 1 fully saturated rings. The first-order chi connectivity index (χ1) is 11.5. The van der Waals surface area contributed by atoms with Crippen molar-refractivity contribution in [3.8, 4) is 11.5 Å². The quantitative estimate of drug-likeness (QED) is 0.611. The number of benzene rings is 1. The van der Waals surface area contributed by atoms with E-state index in [9.17, 15) is 18.4 Å². The molecule has 0 aliphatic carbocycles. The van der Waals surface area contributed by atoms with Crippen molar-refractivity contribution < 1.29 is 37.3 Å². The lowest BCUT2D eigenvalue weighted by atomic mass is 10.2. The van der Waals surface area contributed by atoms with Gasteiger partial charge >= 0.3 is 12.3 Å². The predicted molar refractivity (Wildman–Crippen MR) is 78.5 cm³/mol. The Morgan fingerprint density at radius 1 is 1.16 bits per heavy atom. The van der Waals surface area contributed by atoms with Gasteiger partial charge in [0.15, 0.2) is 11.5 Å². The van der Waals surface area contributed by atoms with E-state index in [-0.39, 0.29) is 23.8 Å². The summed E-state index contributed by atoms with van der Waals surface area (Å²) in [4.78, 5) is 25.1. The molecule has 2 aliphatic rings. The monoisotopic (exact) mass is 355 g/mol. The molecular formula is C16H15F2NO6. The van der Waals surface area contributed by atoms with Crippen LogP contribution in [0.3, 0.4) is 0 Å². The molecule has 0 atom stereocenters. The van der Waals surface area contributed by atoms with Gasteiger partial charge in [0, 0.05) is 27.4 Å². The zero-order valence-corrected chi connectivity index (χ0v) is 13.7. The molecule has 3 rings (SSSR count). The van der Waals surface area contributed by atoms with Crippen LogP contribution in [-0.2, 0) is 25.6 Å². The van der Waals surface area contributed by atoms with E-state index >= 15 is 0 Å². The highest BCUT2D eigenvalue weighted by molar-refractivity contribution is 5.97. The van der Waals surface area contributed by atoms with Gasteiger partial charge in [-0.15, -0.1) is 8.78 Å². The van der Waals surface area contributed by atoms with E-state index in [4.69, 9.17) is 9.47 Å². The Morgan fingerprint density at radius 3 is 2.48 bits per heavy atom. The van der Waals surface area contributed by atoms with Crippen molar-refractivity contribution in [2.24, 2.45) is 0 Å². The zero-order valence-electron chi connectivity index (χ0n) is 13.7. The van der Waals surface area contributed by atoms with Crippen LogP contribution in [0.25, 0.3) is 0 Å². The summed E-state index contributed by atoms with van der Waals surface area (Å²) in [5, 5.41) is 0. The molecule has 9 heteroatoms. The Balaban J connectivity index is 1.68. The van der Waals surface area contributed by atoms with Crippen LogP contribution >= 0.6 is 0 Å². The van der Waals surface area contributed by atoms with Gasteiger partial charge in [0.05, 0.1) is 6.08 Å². The first-order valence-corrected chi connectivity index (χ1v) is 7.33. The molecule has 0 aromatic heterocycles. The molecule has 1 amide bonds. The van der Waals surface area contributed by atoms with E-state index in [0.29, 0.717) is 5.56 Å². The molecule has 0 bridgehead atoms. The zero-order chi connectivity index (χ0) is 18.4. The molecule has 1 aromatic rings. The molecule has 134 valence electrons. The largest absolute Gasteiger partial charge is 0.586 e. The molecule has 0 radical (unpaired) electrons. The number of halogens is 2. The van der Waals surface area contributed by atoms with Gasteiger partial charge in [-0.2, -0.15) is 0 Å². The Kier molecular flexibility index (Phi) is 3.81. The van der Waals surface area contributed by atoms with Crippen molar-refractivity contribution in [2.75, 3.05) is 7.05 Å². The number of cyclic esters (lactones) is 1. The maximum Gasteiger partial charge on any atom is 0.586 e. The summed E-state index contributed by atoms with van der Waals surface area (Å²) in [5.74, 6) is -2.72. The number of alkyl halides is 2. The number of likely N-dealkylation sites (N-methyl/N-ethyl adjacent to an activating group) is 1. The van der Waals surface area contributed by atoms with E-state index in [1.807, 2.05) is 0 Å². The molecule has 0 unspecified atom stereocenters. The minimum absolute atomic E-state index is 0.0748. The fourth-order valence-corrected chi connectivity index (χ4v) is 2.36. The minimum atomic E-state index is -3.69. The normalized spacial score (nSPS) is 21.0. The standard InChI is InChI=1S/C16H15F2NO6/c1-15(2)22-12(14(21)25-15)7-13(20)19(3)8-9-4-5-10-11(6-9)24-16(17,18)23-10/h4-7H,8H2,1-3H3/b12-7+. The van der Waals surface area contributed by atoms with Crippen molar-refractivity contribution in [1.82, 2.24) is 4.90 Å². The van der Waals surface area contributed by atoms with Crippen LogP contribution in [0.5, 0.6) is 11.5 Å². The smallest absolute Gasteiger partial charge is 0.445 e. The summed E-state index contributed by atoms with van der Waals surface area (Å²) in [7, 11) is 1.49. The number of carbonyl (C=O) groups is 2. The van der Waals surface area contributed by atoms with Gasteiger partial charge in [0.1, 0.15) is 0 Å². The summed E-state index contributed by atoms with van der Waals surface area (Å²) in [5.41, 5.74) is 0.546. The molecule has 2 heterocycles. The Bertz CT molecular complexity index is 774. The molecule has 0 N–H and O–H groups in total. The lowest BCUT2D eigenvalue weighted by Gasteiger charge is -2.16. The van der Waals surface area contributed by atoms with Crippen LogP contribution < -0.4 is 9.47 Å². The van der Waals surface area contributed by atoms with Crippen molar-refractivity contribution >= 4 is 11.9 Å². The van der Waals surface area contributed by atoms with Gasteiger partial charge in [0.2, 0.25) is 11.5 Å². The third-order valence-electron chi connectivity index (χ3n) is 3.41. The number of amides is 1. The van der Waals surface area contributed by atoms with Crippen LogP contribution in [0, 0.1) is 0 Å². The van der Waals surface area contributed by atoms with Crippen molar-refractivity contribution in [2.45, 2.75) is 32.5 Å². The summed E-state index contributed by atoms with van der Waals surface area (Å²) >= 11 is 0. The van der Waals surface area contributed by atoms with Crippen molar-refractivity contribution in [1.29, 1.82) is 0 Å². The van der Waals surface area contributed by atoms with Crippen molar-refractivity contribution in [3.05, 3.63) is 35.6 Å². The first kappa shape index (κ1) is 17.0. The predicted octanol–water partition coefficient (Wildman–Crippen LogP) is 2.16. The van der Waals surface area contributed by atoms with Gasteiger partial charge in [-0.25, -0.2) is 4.79 Å². The molecule has 0 spiro atoms. The lowest BCUT2D eigenvalue weighted by Crippen LogP contribution is -2.26. The third-order valence-corrected chi connectivity index (χ3v) is 3.41. The first-order valence-electron chi connectivity index (χ1n) is 7.33. The third kappa shape index (κ3) is 3.65. The van der Waals surface area contributed by atoms with E-state index in [0.717, 1.165) is 6.08 Å². The fraction of sp³-hybridized carbons (Fsp3) is 0.375. The van der Waals surface area contributed by atoms with Gasteiger partial charge in [-0.3, -0.25) is 4.79 Å². The molecule has 25 heavy (non-hydrogen) atoms. The summed E-state index contributed by atoms with van der Waals surface area (Å²) in [6.07, 6.45) is -2.67. The number of ether oxygens (including phenoxy) is 4. The van der Waals surface area contributed by atoms with E-state index in [1.165, 1.54) is 30.1 Å². The number of fused-ring (bicyclic) bond motifs is 1. The summed E-state index contributed by atoms with van der Waals surface area (Å²) in [6, 6.07) is 4.23. The number of esters is 1. The highest BCUT2D eigenvalue weighted by Crippen LogP contribution is 2.41. The Hall–Kier alpha value is -2.84. The topological polar surface area (TPSA) is 74.3 Å². The van der Waals surface area contributed by atoms with E-state index in [1.54, 1.807) is 13.8 Å². The molecule has 2 aliphatic heterocycles.